The number of nitrogens with two attached hydrogens (primary N) is 1. The van der Waals surface area contributed by atoms with Crippen molar-refractivity contribution < 1.29 is 19.6 Å². The highest BCUT2D eigenvalue weighted by molar-refractivity contribution is 5.78. The van der Waals surface area contributed by atoms with E-state index in [-0.39, 0.29) is 5.69 Å². The van der Waals surface area contributed by atoms with Crippen molar-refractivity contribution >= 4 is 11.7 Å². The molecule has 1 aromatic carbocycles. The summed E-state index contributed by atoms with van der Waals surface area (Å²) in [6.07, 6.45) is 1.15. The molecule has 1 atom stereocenters. The highest BCUT2D eigenvalue weighted by Gasteiger charge is 2.30. The normalized spacial score (nSPS) is 13.5. The Labute approximate surface area is 116 Å². The molecule has 0 aliphatic rings. The Bertz CT molecular complexity index is 474. The van der Waals surface area contributed by atoms with Crippen LogP contribution in [-0.4, -0.2) is 28.1 Å². The minimum absolute atomic E-state index is 0.00446. The van der Waals surface area contributed by atoms with Gasteiger partial charge in [-0.2, -0.15) is 0 Å². The van der Waals surface area contributed by atoms with E-state index < -0.39 is 16.4 Å². The number of rotatable bonds is 8. The molecule has 0 bridgehead atoms. The molecule has 1 rings (SSSR count). The molecule has 20 heavy (non-hydrogen) atoms. The lowest BCUT2D eigenvalue weighted by Crippen LogP contribution is -2.47. The smallest absolute Gasteiger partial charge is 0.323 e. The number of carboxylic acid groups (broad SMARTS) is 1. The first-order chi connectivity index (χ1) is 9.39. The molecule has 110 valence electrons. The van der Waals surface area contributed by atoms with Crippen molar-refractivity contribution in [1.82, 2.24) is 0 Å². The van der Waals surface area contributed by atoms with Gasteiger partial charge in [-0.1, -0.05) is 6.92 Å². The van der Waals surface area contributed by atoms with Gasteiger partial charge in [-0.15, -0.1) is 0 Å². The van der Waals surface area contributed by atoms with Gasteiger partial charge in [-0.3, -0.25) is 14.9 Å². The number of hydrogen-bond acceptors (Lipinski definition) is 5. The molecule has 0 aromatic heterocycles. The Hall–Kier alpha value is -2.15. The number of carboxylic acids is 1. The minimum atomic E-state index is -1.22. The third-order valence-corrected chi connectivity index (χ3v) is 3.14. The fourth-order valence-electron chi connectivity index (χ4n) is 1.68. The summed E-state index contributed by atoms with van der Waals surface area (Å²) in [7, 11) is 0. The molecule has 0 heterocycles. The van der Waals surface area contributed by atoms with E-state index in [1.165, 1.54) is 24.3 Å². The molecule has 1 aromatic rings. The lowest BCUT2D eigenvalue weighted by molar-refractivity contribution is -0.384. The standard InChI is InChI=1S/C13H18N2O5/c1-2-13(14,12(16)17)8-3-9-20-11-6-4-10(5-7-11)15(18)19/h4-7H,2-3,8-9,14H2,1H3,(H,16,17). The van der Waals surface area contributed by atoms with Crippen LogP contribution < -0.4 is 10.5 Å². The molecule has 3 N–H and O–H groups in total. The summed E-state index contributed by atoms with van der Waals surface area (Å²) < 4.78 is 5.39. The Morgan fingerprint density at radius 3 is 2.50 bits per heavy atom. The van der Waals surface area contributed by atoms with Gasteiger partial charge in [-0.05, 0) is 31.4 Å². The van der Waals surface area contributed by atoms with Crippen molar-refractivity contribution in [2.75, 3.05) is 6.61 Å². The zero-order chi connectivity index (χ0) is 15.2. The molecular formula is C13H18N2O5. The largest absolute Gasteiger partial charge is 0.494 e. The predicted molar refractivity (Wildman–Crippen MR) is 72.7 cm³/mol. The summed E-state index contributed by atoms with van der Waals surface area (Å²) in [5.41, 5.74) is 4.51. The molecular weight excluding hydrogens is 264 g/mol. The van der Waals surface area contributed by atoms with Gasteiger partial charge in [0.2, 0.25) is 0 Å². The second kappa shape index (κ2) is 6.85. The van der Waals surface area contributed by atoms with Crippen LogP contribution in [0.5, 0.6) is 5.75 Å². The van der Waals surface area contributed by atoms with Gasteiger partial charge >= 0.3 is 5.97 Å². The highest BCUT2D eigenvalue weighted by Crippen LogP contribution is 2.19. The van der Waals surface area contributed by atoms with Crippen molar-refractivity contribution in [2.45, 2.75) is 31.7 Å². The van der Waals surface area contributed by atoms with Crippen molar-refractivity contribution in [3.63, 3.8) is 0 Å². The number of benzene rings is 1. The van der Waals surface area contributed by atoms with Gasteiger partial charge in [0.05, 0.1) is 11.5 Å². The number of carbonyl (C=O) groups is 1. The minimum Gasteiger partial charge on any atom is -0.494 e. The van der Waals surface area contributed by atoms with Crippen molar-refractivity contribution in [3.05, 3.63) is 34.4 Å². The van der Waals surface area contributed by atoms with E-state index in [4.69, 9.17) is 15.6 Å². The van der Waals surface area contributed by atoms with E-state index >= 15 is 0 Å². The first kappa shape index (κ1) is 15.9. The van der Waals surface area contributed by atoms with E-state index in [1.54, 1.807) is 6.92 Å². The molecule has 0 fully saturated rings. The van der Waals surface area contributed by atoms with Crippen LogP contribution in [-0.2, 0) is 4.79 Å². The van der Waals surface area contributed by atoms with E-state index in [0.717, 1.165) is 0 Å². The van der Waals surface area contributed by atoms with E-state index in [9.17, 15) is 14.9 Å². The lowest BCUT2D eigenvalue weighted by atomic mass is 9.92. The molecule has 0 aliphatic heterocycles. The lowest BCUT2D eigenvalue weighted by Gasteiger charge is -2.22. The average Bonchev–Trinajstić information content (AvgIpc) is 2.43. The van der Waals surface area contributed by atoms with Crippen LogP contribution in [0.1, 0.15) is 26.2 Å². The number of nitro groups is 1. The summed E-state index contributed by atoms with van der Waals surface area (Å²) in [4.78, 5) is 21.0. The third kappa shape index (κ3) is 4.20. The number of non-ortho nitro benzene ring substituents is 1. The maximum Gasteiger partial charge on any atom is 0.323 e. The molecule has 0 spiro atoms. The summed E-state index contributed by atoms with van der Waals surface area (Å²) in [5, 5.41) is 19.5. The van der Waals surface area contributed by atoms with Crippen LogP contribution in [0.15, 0.2) is 24.3 Å². The molecule has 0 amide bonds. The van der Waals surface area contributed by atoms with Crippen molar-refractivity contribution in [3.8, 4) is 5.75 Å². The first-order valence-corrected chi connectivity index (χ1v) is 6.28. The number of ether oxygens (including phenoxy) is 1. The van der Waals surface area contributed by atoms with Crippen LogP contribution in [0.3, 0.4) is 0 Å². The Morgan fingerprint density at radius 2 is 2.05 bits per heavy atom. The van der Waals surface area contributed by atoms with Crippen molar-refractivity contribution in [1.29, 1.82) is 0 Å². The van der Waals surface area contributed by atoms with Gasteiger partial charge in [0.25, 0.3) is 5.69 Å². The predicted octanol–water partition coefficient (Wildman–Crippen LogP) is 1.95. The van der Waals surface area contributed by atoms with Crippen LogP contribution in [0.4, 0.5) is 5.69 Å². The average molecular weight is 282 g/mol. The van der Waals surface area contributed by atoms with Crippen LogP contribution in [0.25, 0.3) is 0 Å². The molecule has 1 unspecified atom stereocenters. The van der Waals surface area contributed by atoms with Crippen LogP contribution >= 0.6 is 0 Å². The number of hydrogen-bond donors (Lipinski definition) is 2. The third-order valence-electron chi connectivity index (χ3n) is 3.14. The number of aliphatic carboxylic acids is 1. The zero-order valence-corrected chi connectivity index (χ0v) is 11.2. The number of nitrogens with zero attached hydrogens (tertiary/aromatic N) is 1. The molecule has 7 heteroatoms. The summed E-state index contributed by atoms with van der Waals surface area (Å²) in [5.74, 6) is -0.514. The SMILES string of the molecule is CCC(N)(CCCOc1ccc([N+](=O)[O-])cc1)C(=O)O. The van der Waals surface area contributed by atoms with Gasteiger partial charge in [-0.25, -0.2) is 0 Å². The van der Waals surface area contributed by atoms with Gasteiger partial charge < -0.3 is 15.6 Å². The van der Waals surface area contributed by atoms with Crippen LogP contribution in [0, 0.1) is 10.1 Å². The van der Waals surface area contributed by atoms with E-state index in [2.05, 4.69) is 0 Å². The van der Waals surface area contributed by atoms with Gasteiger partial charge in [0, 0.05) is 12.1 Å². The van der Waals surface area contributed by atoms with Gasteiger partial charge in [0.1, 0.15) is 11.3 Å². The van der Waals surface area contributed by atoms with E-state index in [0.29, 0.717) is 31.6 Å². The highest BCUT2D eigenvalue weighted by atomic mass is 16.6. The summed E-state index contributed by atoms with van der Waals surface area (Å²) in [6, 6.07) is 5.72. The van der Waals surface area contributed by atoms with E-state index in [1.807, 2.05) is 0 Å². The Morgan fingerprint density at radius 1 is 1.45 bits per heavy atom. The summed E-state index contributed by atoms with van der Waals surface area (Å²) in [6.45, 7) is 2.04. The first-order valence-electron chi connectivity index (χ1n) is 6.28. The number of nitro benzene ring substituents is 1. The molecule has 0 radical (unpaired) electrons. The van der Waals surface area contributed by atoms with Gasteiger partial charge in [0.15, 0.2) is 0 Å². The molecule has 0 saturated heterocycles. The van der Waals surface area contributed by atoms with Crippen LogP contribution in [0.2, 0.25) is 0 Å². The Kier molecular flexibility index (Phi) is 5.45. The second-order valence-electron chi connectivity index (χ2n) is 4.52. The fraction of sp³-hybridized carbons (Fsp3) is 0.462. The maximum absolute atomic E-state index is 11.0. The maximum atomic E-state index is 11.0. The molecule has 0 saturated carbocycles. The topological polar surface area (TPSA) is 116 Å². The molecule has 0 aliphatic carbocycles. The second-order valence-corrected chi connectivity index (χ2v) is 4.52. The van der Waals surface area contributed by atoms with Crippen molar-refractivity contribution in [2.24, 2.45) is 5.73 Å². The summed E-state index contributed by atoms with van der Waals surface area (Å²) >= 11 is 0. The molecule has 7 nitrogen and oxygen atoms in total. The fourth-order valence-corrected chi connectivity index (χ4v) is 1.68. The monoisotopic (exact) mass is 282 g/mol. The quantitative estimate of drug-likeness (QED) is 0.427. The Balaban J connectivity index is 2.41. The zero-order valence-electron chi connectivity index (χ0n) is 11.2.